The van der Waals surface area contributed by atoms with Crippen LogP contribution in [0.5, 0.6) is 0 Å². The molecule has 1 fully saturated rings. The van der Waals surface area contributed by atoms with Gasteiger partial charge in [-0.1, -0.05) is 28.9 Å². The molecule has 0 spiro atoms. The van der Waals surface area contributed by atoms with Crippen LogP contribution in [0, 0.1) is 6.92 Å². The van der Waals surface area contributed by atoms with Crippen molar-refractivity contribution in [1.29, 1.82) is 0 Å². The van der Waals surface area contributed by atoms with Crippen molar-refractivity contribution in [3.05, 3.63) is 53.1 Å². The van der Waals surface area contributed by atoms with Crippen molar-refractivity contribution >= 4 is 34.4 Å². The molecule has 0 unspecified atom stereocenters. The number of piperidine rings is 1. The van der Waals surface area contributed by atoms with Gasteiger partial charge in [0.25, 0.3) is 0 Å². The number of aryl methyl sites for hydroxylation is 1. The lowest BCUT2D eigenvalue weighted by Gasteiger charge is -2.32. The number of rotatable bonds is 2. The van der Waals surface area contributed by atoms with Gasteiger partial charge in [0.2, 0.25) is 0 Å². The molecule has 1 N–H and O–H groups in total. The summed E-state index contributed by atoms with van der Waals surface area (Å²) in [5, 5.41) is 12.1. The number of hydrogen-bond acceptors (Lipinski definition) is 3. The maximum atomic E-state index is 12.5. The van der Waals surface area contributed by atoms with Gasteiger partial charge in [0.1, 0.15) is 5.52 Å². The molecule has 0 atom stereocenters. The summed E-state index contributed by atoms with van der Waals surface area (Å²) in [5.41, 5.74) is 3.86. The lowest BCUT2D eigenvalue weighted by Crippen LogP contribution is -2.41. The Bertz CT molecular complexity index is 946. The van der Waals surface area contributed by atoms with Crippen molar-refractivity contribution in [1.82, 2.24) is 19.9 Å². The molecule has 3 aromatic rings. The SMILES string of the molecule is Cc1ccc2c(c1)nnn2C1CCN(C(=O)Nc2cccc(Cl)c2)CC1. The summed E-state index contributed by atoms with van der Waals surface area (Å²) in [7, 11) is 0. The van der Waals surface area contributed by atoms with Crippen LogP contribution in [0.4, 0.5) is 10.5 Å². The summed E-state index contributed by atoms with van der Waals surface area (Å²) in [6, 6.07) is 13.6. The largest absolute Gasteiger partial charge is 0.324 e. The second-order valence-corrected chi connectivity index (χ2v) is 7.12. The third-order valence-corrected chi connectivity index (χ3v) is 5.04. The van der Waals surface area contributed by atoms with E-state index in [9.17, 15) is 4.79 Å². The minimum atomic E-state index is -0.0928. The highest BCUT2D eigenvalue weighted by molar-refractivity contribution is 6.30. The molecule has 1 saturated heterocycles. The van der Waals surface area contributed by atoms with Gasteiger partial charge in [-0.2, -0.15) is 0 Å². The summed E-state index contributed by atoms with van der Waals surface area (Å²) in [4.78, 5) is 14.3. The van der Waals surface area contributed by atoms with Gasteiger partial charge in [-0.05, 0) is 55.7 Å². The smallest absolute Gasteiger partial charge is 0.321 e. The van der Waals surface area contributed by atoms with E-state index in [1.54, 1.807) is 12.1 Å². The van der Waals surface area contributed by atoms with Gasteiger partial charge in [-0.15, -0.1) is 5.10 Å². The normalized spacial score (nSPS) is 15.4. The van der Waals surface area contributed by atoms with Gasteiger partial charge < -0.3 is 10.2 Å². The number of carbonyl (C=O) groups excluding carboxylic acids is 1. The van der Waals surface area contributed by atoms with Gasteiger partial charge in [-0.3, -0.25) is 0 Å². The maximum Gasteiger partial charge on any atom is 0.321 e. The minimum absolute atomic E-state index is 0.0928. The molecule has 134 valence electrons. The van der Waals surface area contributed by atoms with Gasteiger partial charge in [-0.25, -0.2) is 9.48 Å². The Balaban J connectivity index is 1.41. The number of urea groups is 1. The minimum Gasteiger partial charge on any atom is -0.324 e. The molecule has 2 heterocycles. The Morgan fingerprint density at radius 1 is 1.19 bits per heavy atom. The van der Waals surface area contributed by atoms with E-state index in [0.29, 0.717) is 23.8 Å². The predicted octanol–water partition coefficient (Wildman–Crippen LogP) is 4.26. The van der Waals surface area contributed by atoms with E-state index < -0.39 is 0 Å². The fourth-order valence-corrected chi connectivity index (χ4v) is 3.59. The molecule has 7 heteroatoms. The summed E-state index contributed by atoms with van der Waals surface area (Å²) in [6.45, 7) is 3.42. The molecule has 26 heavy (non-hydrogen) atoms. The van der Waals surface area contributed by atoms with Crippen molar-refractivity contribution in [3.8, 4) is 0 Å². The van der Waals surface area contributed by atoms with Crippen LogP contribution < -0.4 is 5.32 Å². The predicted molar refractivity (Wildman–Crippen MR) is 103 cm³/mol. The molecular weight excluding hydrogens is 350 g/mol. The molecule has 2 amide bonds. The van der Waals surface area contributed by atoms with Crippen molar-refractivity contribution in [3.63, 3.8) is 0 Å². The molecule has 6 nitrogen and oxygen atoms in total. The van der Waals surface area contributed by atoms with Crippen molar-refractivity contribution in [2.24, 2.45) is 0 Å². The number of hydrogen-bond donors (Lipinski definition) is 1. The molecule has 1 aliphatic rings. The number of likely N-dealkylation sites (tertiary alicyclic amines) is 1. The number of halogens is 1. The van der Waals surface area contributed by atoms with E-state index in [1.807, 2.05) is 27.8 Å². The first kappa shape index (κ1) is 16.8. The fraction of sp³-hybridized carbons (Fsp3) is 0.316. The third-order valence-electron chi connectivity index (χ3n) is 4.80. The number of aromatic nitrogens is 3. The van der Waals surface area contributed by atoms with E-state index in [1.165, 1.54) is 5.56 Å². The number of anilines is 1. The zero-order valence-electron chi connectivity index (χ0n) is 14.5. The lowest BCUT2D eigenvalue weighted by atomic mass is 10.1. The summed E-state index contributed by atoms with van der Waals surface area (Å²) < 4.78 is 2.00. The van der Waals surface area contributed by atoms with E-state index >= 15 is 0 Å². The molecule has 1 aliphatic heterocycles. The Hall–Kier alpha value is -2.60. The number of benzene rings is 2. The van der Waals surface area contributed by atoms with Crippen LogP contribution in [0.1, 0.15) is 24.4 Å². The standard InChI is InChI=1S/C19H20ClN5O/c1-13-5-6-18-17(11-13)22-23-25(18)16-7-9-24(10-8-16)19(26)21-15-4-2-3-14(20)12-15/h2-6,11-12,16H,7-10H2,1H3,(H,21,26). The van der Waals surface area contributed by atoms with Gasteiger partial charge in [0, 0.05) is 23.8 Å². The van der Waals surface area contributed by atoms with Crippen LogP contribution in [0.3, 0.4) is 0 Å². The molecule has 0 aliphatic carbocycles. The first-order chi connectivity index (χ1) is 12.6. The van der Waals surface area contributed by atoms with Crippen molar-refractivity contribution < 1.29 is 4.79 Å². The number of nitrogens with zero attached hydrogens (tertiary/aromatic N) is 4. The molecule has 0 saturated carbocycles. The highest BCUT2D eigenvalue weighted by atomic mass is 35.5. The van der Waals surface area contributed by atoms with Crippen molar-refractivity contribution in [2.75, 3.05) is 18.4 Å². The molecular formula is C19H20ClN5O. The number of fused-ring (bicyclic) bond motifs is 1. The molecule has 0 radical (unpaired) electrons. The zero-order chi connectivity index (χ0) is 18.1. The van der Waals surface area contributed by atoms with E-state index in [2.05, 4.69) is 34.7 Å². The van der Waals surface area contributed by atoms with E-state index in [-0.39, 0.29) is 12.1 Å². The maximum absolute atomic E-state index is 12.5. The van der Waals surface area contributed by atoms with E-state index in [0.717, 1.165) is 23.9 Å². The molecule has 2 aromatic carbocycles. The number of amides is 2. The van der Waals surface area contributed by atoms with Crippen LogP contribution in [0.25, 0.3) is 11.0 Å². The first-order valence-corrected chi connectivity index (χ1v) is 9.11. The van der Waals surface area contributed by atoms with Crippen LogP contribution >= 0.6 is 11.6 Å². The Morgan fingerprint density at radius 3 is 2.77 bits per heavy atom. The summed E-state index contributed by atoms with van der Waals surface area (Å²) in [5.74, 6) is 0. The number of carbonyl (C=O) groups is 1. The highest BCUT2D eigenvalue weighted by Gasteiger charge is 2.25. The Kier molecular flexibility index (Phi) is 4.51. The number of nitrogens with one attached hydrogen (secondary N) is 1. The monoisotopic (exact) mass is 369 g/mol. The second kappa shape index (κ2) is 6.96. The van der Waals surface area contributed by atoms with Crippen LogP contribution in [-0.4, -0.2) is 39.0 Å². The van der Waals surface area contributed by atoms with Gasteiger partial charge in [0.05, 0.1) is 11.6 Å². The Labute approximate surface area is 156 Å². The van der Waals surface area contributed by atoms with Crippen LogP contribution in [0.2, 0.25) is 5.02 Å². The fourth-order valence-electron chi connectivity index (χ4n) is 3.40. The molecule has 1 aromatic heterocycles. The Morgan fingerprint density at radius 2 is 2.00 bits per heavy atom. The third kappa shape index (κ3) is 3.37. The molecule has 0 bridgehead atoms. The highest BCUT2D eigenvalue weighted by Crippen LogP contribution is 2.26. The topological polar surface area (TPSA) is 63.1 Å². The summed E-state index contributed by atoms with van der Waals surface area (Å²) >= 11 is 5.97. The van der Waals surface area contributed by atoms with E-state index in [4.69, 9.17) is 11.6 Å². The average molecular weight is 370 g/mol. The lowest BCUT2D eigenvalue weighted by molar-refractivity contribution is 0.181. The van der Waals surface area contributed by atoms with Gasteiger partial charge >= 0.3 is 6.03 Å². The summed E-state index contributed by atoms with van der Waals surface area (Å²) in [6.07, 6.45) is 1.71. The van der Waals surface area contributed by atoms with Gasteiger partial charge in [0.15, 0.2) is 0 Å². The van der Waals surface area contributed by atoms with Crippen molar-refractivity contribution in [2.45, 2.75) is 25.8 Å². The zero-order valence-corrected chi connectivity index (χ0v) is 15.3. The first-order valence-electron chi connectivity index (χ1n) is 8.73. The quantitative estimate of drug-likeness (QED) is 0.734. The average Bonchev–Trinajstić information content (AvgIpc) is 3.05. The van der Waals surface area contributed by atoms with Crippen LogP contribution in [0.15, 0.2) is 42.5 Å². The second-order valence-electron chi connectivity index (χ2n) is 6.68. The molecule has 4 rings (SSSR count). The van der Waals surface area contributed by atoms with Crippen LogP contribution in [-0.2, 0) is 0 Å².